The molecule has 1 aliphatic rings. The Morgan fingerprint density at radius 2 is 2.17 bits per heavy atom. The van der Waals surface area contributed by atoms with Gasteiger partial charge in [-0.05, 0) is 59.7 Å². The first-order valence-electron chi connectivity index (χ1n) is 7.32. The van der Waals surface area contributed by atoms with E-state index in [2.05, 4.69) is 36.4 Å². The summed E-state index contributed by atoms with van der Waals surface area (Å²) >= 11 is 0. The molecule has 1 amide bonds. The summed E-state index contributed by atoms with van der Waals surface area (Å²) in [5.74, 6) is 0.187. The number of carbonyl (C=O) groups excluding carboxylic acids is 1. The van der Waals surface area contributed by atoms with Gasteiger partial charge in [-0.2, -0.15) is 0 Å². The molecule has 0 aliphatic carbocycles. The Morgan fingerprint density at radius 3 is 2.78 bits per heavy atom. The van der Waals surface area contributed by atoms with Crippen molar-refractivity contribution in [2.75, 3.05) is 26.7 Å². The van der Waals surface area contributed by atoms with Crippen molar-refractivity contribution in [2.45, 2.75) is 58.0 Å². The minimum Gasteiger partial charge on any atom is -0.355 e. The van der Waals surface area contributed by atoms with Crippen LogP contribution < -0.4 is 10.6 Å². The molecular weight excluding hydrogens is 226 g/mol. The van der Waals surface area contributed by atoms with Gasteiger partial charge in [0, 0.05) is 12.6 Å². The molecule has 0 aromatic carbocycles. The van der Waals surface area contributed by atoms with Gasteiger partial charge in [-0.3, -0.25) is 4.79 Å². The molecule has 2 N–H and O–H groups in total. The lowest BCUT2D eigenvalue weighted by Crippen LogP contribution is -2.46. The van der Waals surface area contributed by atoms with E-state index in [9.17, 15) is 4.79 Å². The van der Waals surface area contributed by atoms with E-state index in [0.717, 1.165) is 38.9 Å². The molecule has 0 saturated carbocycles. The standard InChI is InChI=1S/C14H29N3O/c1-12(2)17(3)11-7-6-10-16-14(18)13-8-4-5-9-15-13/h12-13,15H,4-11H2,1-3H3,(H,16,18)/t13-/m0/s1. The highest BCUT2D eigenvalue weighted by Gasteiger charge is 2.19. The van der Waals surface area contributed by atoms with E-state index in [1.807, 2.05) is 0 Å². The van der Waals surface area contributed by atoms with E-state index < -0.39 is 0 Å². The van der Waals surface area contributed by atoms with Gasteiger partial charge in [-0.25, -0.2) is 0 Å². The van der Waals surface area contributed by atoms with Crippen LogP contribution in [0.15, 0.2) is 0 Å². The molecule has 0 spiro atoms. The van der Waals surface area contributed by atoms with Crippen molar-refractivity contribution in [3.63, 3.8) is 0 Å². The lowest BCUT2D eigenvalue weighted by Gasteiger charge is -2.23. The van der Waals surface area contributed by atoms with Crippen LogP contribution in [0.1, 0.15) is 46.0 Å². The summed E-state index contributed by atoms with van der Waals surface area (Å²) in [5, 5.41) is 6.31. The normalized spacial score (nSPS) is 20.4. The summed E-state index contributed by atoms with van der Waals surface area (Å²) in [7, 11) is 2.15. The number of unbranched alkanes of at least 4 members (excludes halogenated alkanes) is 1. The van der Waals surface area contributed by atoms with Crippen LogP contribution in [0, 0.1) is 0 Å². The van der Waals surface area contributed by atoms with Crippen LogP contribution in [-0.4, -0.2) is 49.6 Å². The second-order valence-electron chi connectivity index (χ2n) is 5.57. The zero-order valence-electron chi connectivity index (χ0n) is 12.2. The molecule has 106 valence electrons. The van der Waals surface area contributed by atoms with Crippen LogP contribution in [0.3, 0.4) is 0 Å². The van der Waals surface area contributed by atoms with Gasteiger partial charge in [-0.15, -0.1) is 0 Å². The van der Waals surface area contributed by atoms with Crippen LogP contribution in [-0.2, 0) is 4.79 Å². The van der Waals surface area contributed by atoms with Crippen LogP contribution in [0.5, 0.6) is 0 Å². The van der Waals surface area contributed by atoms with Crippen molar-refractivity contribution in [1.82, 2.24) is 15.5 Å². The third kappa shape index (κ3) is 5.83. The van der Waals surface area contributed by atoms with E-state index >= 15 is 0 Å². The van der Waals surface area contributed by atoms with E-state index in [4.69, 9.17) is 0 Å². The highest BCUT2D eigenvalue weighted by atomic mass is 16.2. The van der Waals surface area contributed by atoms with Gasteiger partial charge in [0.25, 0.3) is 0 Å². The average Bonchev–Trinajstić information content (AvgIpc) is 2.38. The molecule has 1 atom stereocenters. The summed E-state index contributed by atoms with van der Waals surface area (Å²) in [5.41, 5.74) is 0. The van der Waals surface area contributed by atoms with Crippen LogP contribution in [0.25, 0.3) is 0 Å². The summed E-state index contributed by atoms with van der Waals surface area (Å²) in [6.07, 6.45) is 5.57. The first kappa shape index (κ1) is 15.4. The van der Waals surface area contributed by atoms with E-state index in [1.54, 1.807) is 0 Å². The van der Waals surface area contributed by atoms with Crippen molar-refractivity contribution >= 4 is 5.91 Å². The smallest absolute Gasteiger partial charge is 0.237 e. The molecule has 0 bridgehead atoms. The van der Waals surface area contributed by atoms with Gasteiger partial charge in [0.1, 0.15) is 0 Å². The molecule has 0 aromatic heterocycles. The minimum atomic E-state index is 0.0529. The van der Waals surface area contributed by atoms with Gasteiger partial charge >= 0.3 is 0 Å². The predicted molar refractivity (Wildman–Crippen MR) is 75.7 cm³/mol. The number of piperidine rings is 1. The van der Waals surface area contributed by atoms with Gasteiger partial charge < -0.3 is 15.5 Å². The molecule has 1 saturated heterocycles. The second-order valence-corrected chi connectivity index (χ2v) is 5.57. The molecular formula is C14H29N3O. The molecule has 1 aliphatic heterocycles. The van der Waals surface area contributed by atoms with E-state index in [0.29, 0.717) is 6.04 Å². The van der Waals surface area contributed by atoms with Gasteiger partial charge in [0.05, 0.1) is 6.04 Å². The summed E-state index contributed by atoms with van der Waals surface area (Å²) in [6, 6.07) is 0.656. The first-order chi connectivity index (χ1) is 8.61. The SMILES string of the molecule is CC(C)N(C)CCCCNC(=O)[C@@H]1CCCCN1. The summed E-state index contributed by atoms with van der Waals surface area (Å²) in [4.78, 5) is 14.2. The molecule has 4 nitrogen and oxygen atoms in total. The lowest BCUT2D eigenvalue weighted by atomic mass is 10.0. The maximum absolute atomic E-state index is 11.8. The zero-order chi connectivity index (χ0) is 13.4. The molecule has 1 rings (SSSR count). The van der Waals surface area contributed by atoms with Gasteiger partial charge in [0.15, 0.2) is 0 Å². The second kappa shape index (κ2) is 8.48. The number of hydrogen-bond donors (Lipinski definition) is 2. The highest BCUT2D eigenvalue weighted by molar-refractivity contribution is 5.81. The number of nitrogens with one attached hydrogen (secondary N) is 2. The topological polar surface area (TPSA) is 44.4 Å². The van der Waals surface area contributed by atoms with Crippen molar-refractivity contribution in [3.05, 3.63) is 0 Å². The van der Waals surface area contributed by atoms with Crippen molar-refractivity contribution in [1.29, 1.82) is 0 Å². The maximum Gasteiger partial charge on any atom is 0.237 e. The number of carbonyl (C=O) groups is 1. The molecule has 4 heteroatoms. The first-order valence-corrected chi connectivity index (χ1v) is 7.32. The van der Waals surface area contributed by atoms with Crippen molar-refractivity contribution in [3.8, 4) is 0 Å². The molecule has 1 fully saturated rings. The number of hydrogen-bond acceptors (Lipinski definition) is 3. The fourth-order valence-corrected chi connectivity index (χ4v) is 2.15. The fourth-order valence-electron chi connectivity index (χ4n) is 2.15. The largest absolute Gasteiger partial charge is 0.355 e. The van der Waals surface area contributed by atoms with Crippen molar-refractivity contribution in [2.24, 2.45) is 0 Å². The van der Waals surface area contributed by atoms with Crippen LogP contribution in [0.4, 0.5) is 0 Å². The molecule has 0 unspecified atom stereocenters. The number of amides is 1. The van der Waals surface area contributed by atoms with Gasteiger partial charge in [0.2, 0.25) is 5.91 Å². The monoisotopic (exact) mass is 255 g/mol. The summed E-state index contributed by atoms with van der Waals surface area (Å²) in [6.45, 7) is 7.31. The molecule has 1 heterocycles. The Balaban J connectivity index is 2.01. The average molecular weight is 255 g/mol. The third-order valence-electron chi connectivity index (χ3n) is 3.75. The predicted octanol–water partition coefficient (Wildman–Crippen LogP) is 1.37. The quantitative estimate of drug-likeness (QED) is 0.675. The molecule has 0 radical (unpaired) electrons. The maximum atomic E-state index is 11.8. The Labute approximate surface area is 111 Å². The molecule has 0 aromatic rings. The minimum absolute atomic E-state index is 0.0529. The number of nitrogens with zero attached hydrogens (tertiary/aromatic N) is 1. The Bertz CT molecular complexity index is 237. The Kier molecular flexibility index (Phi) is 7.28. The number of rotatable bonds is 7. The van der Waals surface area contributed by atoms with Gasteiger partial charge in [-0.1, -0.05) is 6.42 Å². The zero-order valence-corrected chi connectivity index (χ0v) is 12.2. The Morgan fingerprint density at radius 1 is 1.39 bits per heavy atom. The third-order valence-corrected chi connectivity index (χ3v) is 3.75. The van der Waals surface area contributed by atoms with Crippen LogP contribution in [0.2, 0.25) is 0 Å². The molecule has 18 heavy (non-hydrogen) atoms. The van der Waals surface area contributed by atoms with Crippen LogP contribution >= 0.6 is 0 Å². The Hall–Kier alpha value is -0.610. The van der Waals surface area contributed by atoms with E-state index in [1.165, 1.54) is 12.8 Å². The summed E-state index contributed by atoms with van der Waals surface area (Å²) < 4.78 is 0. The fraction of sp³-hybridized carbons (Fsp3) is 0.929. The lowest BCUT2D eigenvalue weighted by molar-refractivity contribution is -0.123. The van der Waals surface area contributed by atoms with E-state index in [-0.39, 0.29) is 11.9 Å². The highest BCUT2D eigenvalue weighted by Crippen LogP contribution is 2.06. The van der Waals surface area contributed by atoms with Crippen molar-refractivity contribution < 1.29 is 4.79 Å².